The number of sulfonamides is 1. The van der Waals surface area contributed by atoms with Crippen molar-refractivity contribution in [3.63, 3.8) is 0 Å². The number of rotatable bonds is 7. The standard InChI is InChI=1S/C13H17ClN4O2S2/c1-18(2)8-7-15-12-5-3-10(9-16-12)17-22(19,20)13-6-4-11(14)21-13/h3-6,9,17H,7-8H2,1-2H3,(H,15,16). The molecule has 0 bridgehead atoms. The van der Waals surface area contributed by atoms with Crippen LogP contribution in [0.1, 0.15) is 0 Å². The minimum Gasteiger partial charge on any atom is -0.369 e. The van der Waals surface area contributed by atoms with Crippen molar-refractivity contribution in [1.29, 1.82) is 0 Å². The van der Waals surface area contributed by atoms with Gasteiger partial charge in [-0.1, -0.05) is 11.6 Å². The lowest BCUT2D eigenvalue weighted by atomic mass is 10.4. The fraction of sp³-hybridized carbons (Fsp3) is 0.308. The van der Waals surface area contributed by atoms with Gasteiger partial charge in [0.25, 0.3) is 10.0 Å². The highest BCUT2D eigenvalue weighted by molar-refractivity contribution is 7.94. The second-order valence-corrected chi connectivity index (χ2v) is 8.45. The van der Waals surface area contributed by atoms with Crippen molar-refractivity contribution in [2.45, 2.75) is 4.21 Å². The van der Waals surface area contributed by atoms with Crippen LogP contribution in [0.4, 0.5) is 11.5 Å². The number of nitrogens with zero attached hydrogens (tertiary/aromatic N) is 2. The molecule has 2 rings (SSSR count). The predicted molar refractivity (Wildman–Crippen MR) is 91.4 cm³/mol. The molecule has 0 spiro atoms. The maximum Gasteiger partial charge on any atom is 0.271 e. The number of pyridine rings is 1. The quantitative estimate of drug-likeness (QED) is 0.793. The van der Waals surface area contributed by atoms with Gasteiger partial charge in [0.05, 0.1) is 16.2 Å². The van der Waals surface area contributed by atoms with Crippen LogP contribution in [-0.4, -0.2) is 45.5 Å². The predicted octanol–water partition coefficient (Wildman–Crippen LogP) is 2.57. The molecule has 2 aromatic heterocycles. The Morgan fingerprint density at radius 3 is 2.59 bits per heavy atom. The molecule has 2 N–H and O–H groups in total. The van der Waals surface area contributed by atoms with Gasteiger partial charge in [0.1, 0.15) is 10.0 Å². The van der Waals surface area contributed by atoms with E-state index in [0.717, 1.165) is 24.4 Å². The summed E-state index contributed by atoms with van der Waals surface area (Å²) in [6.45, 7) is 1.65. The molecule has 0 aromatic carbocycles. The molecular formula is C13H17ClN4O2S2. The van der Waals surface area contributed by atoms with Crippen molar-refractivity contribution in [3.8, 4) is 0 Å². The first kappa shape index (κ1) is 17.0. The van der Waals surface area contributed by atoms with E-state index in [-0.39, 0.29) is 4.21 Å². The Balaban J connectivity index is 1.99. The van der Waals surface area contributed by atoms with Crippen molar-refractivity contribution in [1.82, 2.24) is 9.88 Å². The summed E-state index contributed by atoms with van der Waals surface area (Å²) < 4.78 is 27.4. The zero-order chi connectivity index (χ0) is 16.2. The molecule has 0 radical (unpaired) electrons. The molecule has 0 unspecified atom stereocenters. The summed E-state index contributed by atoms with van der Waals surface area (Å²) in [4.78, 5) is 6.24. The fourth-order valence-corrected chi connectivity index (χ4v) is 4.14. The van der Waals surface area contributed by atoms with Crippen molar-refractivity contribution >= 4 is 44.5 Å². The number of hydrogen-bond donors (Lipinski definition) is 2. The molecule has 0 aliphatic heterocycles. The number of thiophene rings is 1. The van der Waals surface area contributed by atoms with Crippen LogP contribution >= 0.6 is 22.9 Å². The normalized spacial score (nSPS) is 11.6. The van der Waals surface area contributed by atoms with Crippen molar-refractivity contribution < 1.29 is 8.42 Å². The van der Waals surface area contributed by atoms with Gasteiger partial charge in [0.2, 0.25) is 0 Å². The molecule has 2 heterocycles. The highest BCUT2D eigenvalue weighted by Gasteiger charge is 2.16. The minimum atomic E-state index is -3.62. The highest BCUT2D eigenvalue weighted by atomic mass is 35.5. The largest absolute Gasteiger partial charge is 0.369 e. The number of aromatic nitrogens is 1. The zero-order valence-electron chi connectivity index (χ0n) is 12.2. The Bertz CT molecular complexity index is 714. The Hall–Kier alpha value is -1.35. The van der Waals surface area contributed by atoms with Gasteiger partial charge in [-0.15, -0.1) is 11.3 Å². The molecule has 0 saturated heterocycles. The topological polar surface area (TPSA) is 74.3 Å². The molecule has 0 amide bonds. The van der Waals surface area contributed by atoms with E-state index in [4.69, 9.17) is 11.6 Å². The number of nitrogens with one attached hydrogen (secondary N) is 2. The van der Waals surface area contributed by atoms with Crippen LogP contribution in [0, 0.1) is 0 Å². The van der Waals surface area contributed by atoms with Crippen LogP contribution in [0.15, 0.2) is 34.7 Å². The molecule has 120 valence electrons. The summed E-state index contributed by atoms with van der Waals surface area (Å²) in [7, 11) is 0.363. The lowest BCUT2D eigenvalue weighted by Crippen LogP contribution is -2.21. The van der Waals surface area contributed by atoms with E-state index in [0.29, 0.717) is 15.8 Å². The van der Waals surface area contributed by atoms with Crippen LogP contribution in [0.3, 0.4) is 0 Å². The average Bonchev–Trinajstić information content (AvgIpc) is 2.88. The van der Waals surface area contributed by atoms with Crippen LogP contribution < -0.4 is 10.0 Å². The number of halogens is 1. The third-order valence-corrected chi connectivity index (χ3v) is 5.80. The molecule has 0 aliphatic rings. The van der Waals surface area contributed by atoms with Crippen molar-refractivity contribution in [3.05, 3.63) is 34.8 Å². The Labute approximate surface area is 139 Å². The molecule has 0 fully saturated rings. The fourth-order valence-electron chi connectivity index (χ4n) is 1.61. The summed E-state index contributed by atoms with van der Waals surface area (Å²) in [6, 6.07) is 6.42. The second kappa shape index (κ2) is 7.28. The summed E-state index contributed by atoms with van der Waals surface area (Å²) in [5.74, 6) is 0.698. The molecule has 6 nitrogen and oxygen atoms in total. The maximum atomic E-state index is 12.1. The van der Waals surface area contributed by atoms with Gasteiger partial charge in [0, 0.05) is 13.1 Å². The number of likely N-dealkylation sites (N-methyl/N-ethyl adjacent to an activating group) is 1. The SMILES string of the molecule is CN(C)CCNc1ccc(NS(=O)(=O)c2ccc(Cl)s2)cn1. The van der Waals surface area contributed by atoms with Crippen molar-refractivity contribution in [2.24, 2.45) is 0 Å². The monoisotopic (exact) mass is 360 g/mol. The lowest BCUT2D eigenvalue weighted by molar-refractivity contribution is 0.425. The van der Waals surface area contributed by atoms with Crippen LogP contribution in [0.2, 0.25) is 4.34 Å². The second-order valence-electron chi connectivity index (χ2n) is 4.83. The first-order valence-electron chi connectivity index (χ1n) is 6.49. The van der Waals surface area contributed by atoms with E-state index < -0.39 is 10.0 Å². The van der Waals surface area contributed by atoms with Gasteiger partial charge < -0.3 is 10.2 Å². The third kappa shape index (κ3) is 4.84. The summed E-state index contributed by atoms with van der Waals surface area (Å²) in [5.41, 5.74) is 0.405. The van der Waals surface area contributed by atoms with E-state index >= 15 is 0 Å². The Morgan fingerprint density at radius 1 is 1.27 bits per heavy atom. The Morgan fingerprint density at radius 2 is 2.05 bits per heavy atom. The maximum absolute atomic E-state index is 12.1. The molecular weight excluding hydrogens is 344 g/mol. The van der Waals surface area contributed by atoms with E-state index in [9.17, 15) is 8.42 Å². The van der Waals surface area contributed by atoms with E-state index in [2.05, 4.69) is 19.9 Å². The summed E-state index contributed by atoms with van der Waals surface area (Å²) in [6.07, 6.45) is 1.48. The van der Waals surface area contributed by atoms with Gasteiger partial charge in [-0.3, -0.25) is 4.72 Å². The first-order valence-corrected chi connectivity index (χ1v) is 9.17. The van der Waals surface area contributed by atoms with Crippen LogP contribution in [-0.2, 0) is 10.0 Å². The smallest absolute Gasteiger partial charge is 0.271 e. The summed E-state index contributed by atoms with van der Waals surface area (Å²) in [5, 5.41) is 3.16. The number of hydrogen-bond acceptors (Lipinski definition) is 6. The number of anilines is 2. The van der Waals surface area contributed by atoms with Crippen LogP contribution in [0.25, 0.3) is 0 Å². The van der Waals surface area contributed by atoms with Crippen LogP contribution in [0.5, 0.6) is 0 Å². The minimum absolute atomic E-state index is 0.172. The van der Waals surface area contributed by atoms with Gasteiger partial charge in [-0.2, -0.15) is 0 Å². The third-order valence-electron chi connectivity index (χ3n) is 2.69. The lowest BCUT2D eigenvalue weighted by Gasteiger charge is -2.11. The van der Waals surface area contributed by atoms with Gasteiger partial charge in [-0.25, -0.2) is 13.4 Å². The van der Waals surface area contributed by atoms with E-state index in [1.807, 2.05) is 14.1 Å². The molecule has 0 saturated carbocycles. The first-order chi connectivity index (χ1) is 10.4. The molecule has 0 atom stereocenters. The molecule has 2 aromatic rings. The molecule has 22 heavy (non-hydrogen) atoms. The molecule has 0 aliphatic carbocycles. The van der Waals surface area contributed by atoms with Gasteiger partial charge in [0.15, 0.2) is 0 Å². The van der Waals surface area contributed by atoms with Crippen molar-refractivity contribution in [2.75, 3.05) is 37.2 Å². The molecule has 9 heteroatoms. The van der Waals surface area contributed by atoms with Gasteiger partial charge >= 0.3 is 0 Å². The zero-order valence-corrected chi connectivity index (χ0v) is 14.6. The highest BCUT2D eigenvalue weighted by Crippen LogP contribution is 2.27. The van der Waals surface area contributed by atoms with Gasteiger partial charge in [-0.05, 0) is 38.4 Å². The van der Waals surface area contributed by atoms with E-state index in [1.165, 1.54) is 12.3 Å². The summed E-state index contributed by atoms with van der Waals surface area (Å²) >= 11 is 6.77. The Kier molecular flexibility index (Phi) is 5.63. The average molecular weight is 361 g/mol. The van der Waals surface area contributed by atoms with E-state index in [1.54, 1.807) is 18.2 Å².